The second-order valence-electron chi connectivity index (χ2n) is 7.54. The van der Waals surface area contributed by atoms with Gasteiger partial charge in [-0.3, -0.25) is 18.3 Å². The van der Waals surface area contributed by atoms with Crippen molar-refractivity contribution >= 4 is 16.9 Å². The quantitative estimate of drug-likeness (QED) is 0.507. The van der Waals surface area contributed by atoms with E-state index in [0.29, 0.717) is 22.5 Å². The highest BCUT2D eigenvalue weighted by molar-refractivity contribution is 5.75. The first-order valence-electron chi connectivity index (χ1n) is 9.35. The molecule has 0 atom stereocenters. The van der Waals surface area contributed by atoms with E-state index in [4.69, 9.17) is 0 Å². The molecule has 152 valence electrons. The van der Waals surface area contributed by atoms with Crippen LogP contribution in [0.2, 0.25) is 0 Å². The molecule has 29 heavy (non-hydrogen) atoms. The fourth-order valence-electron chi connectivity index (χ4n) is 3.54. The summed E-state index contributed by atoms with van der Waals surface area (Å²) in [5.41, 5.74) is 1.49. The SMILES string of the molecule is Cc1cn2c3c(=O)n(Cc4ccc(F)cc4)c(=O)n(C)c3nc2n1CCN(C)C. The Morgan fingerprint density at radius 1 is 1.10 bits per heavy atom. The van der Waals surface area contributed by atoms with Crippen LogP contribution in [0.3, 0.4) is 0 Å². The van der Waals surface area contributed by atoms with Crippen LogP contribution in [0, 0.1) is 12.7 Å². The summed E-state index contributed by atoms with van der Waals surface area (Å²) in [6.07, 6.45) is 1.87. The Kier molecular flexibility index (Phi) is 4.62. The van der Waals surface area contributed by atoms with Crippen molar-refractivity contribution in [3.8, 4) is 0 Å². The Labute approximate surface area is 166 Å². The smallest absolute Gasteiger partial charge is 0.313 e. The molecule has 3 heterocycles. The summed E-state index contributed by atoms with van der Waals surface area (Å²) in [7, 11) is 5.60. The van der Waals surface area contributed by atoms with Gasteiger partial charge in [-0.25, -0.2) is 9.18 Å². The number of likely N-dealkylation sites (N-methyl/N-ethyl adjacent to an activating group) is 1. The first-order valence-corrected chi connectivity index (χ1v) is 9.35. The Hall–Kier alpha value is -3.20. The highest BCUT2D eigenvalue weighted by Gasteiger charge is 2.20. The minimum Gasteiger partial charge on any atom is -0.313 e. The molecule has 0 amide bonds. The summed E-state index contributed by atoms with van der Waals surface area (Å²) in [5, 5.41) is 0. The third kappa shape index (κ3) is 3.17. The second kappa shape index (κ2) is 7.00. The van der Waals surface area contributed by atoms with E-state index in [0.717, 1.165) is 23.4 Å². The van der Waals surface area contributed by atoms with Gasteiger partial charge in [0.1, 0.15) is 5.82 Å². The van der Waals surface area contributed by atoms with E-state index in [1.165, 1.54) is 16.7 Å². The van der Waals surface area contributed by atoms with Crippen molar-refractivity contribution in [3.05, 3.63) is 68.4 Å². The number of halogens is 1. The lowest BCUT2D eigenvalue weighted by Crippen LogP contribution is -2.39. The molecule has 0 N–H and O–H groups in total. The average molecular weight is 398 g/mol. The van der Waals surface area contributed by atoms with Gasteiger partial charge in [0, 0.05) is 32.0 Å². The second-order valence-corrected chi connectivity index (χ2v) is 7.54. The van der Waals surface area contributed by atoms with Crippen molar-refractivity contribution in [2.24, 2.45) is 7.05 Å². The first-order chi connectivity index (χ1) is 13.8. The van der Waals surface area contributed by atoms with Crippen LogP contribution >= 0.6 is 0 Å². The number of aryl methyl sites for hydroxylation is 2. The van der Waals surface area contributed by atoms with Crippen LogP contribution < -0.4 is 11.2 Å². The number of rotatable bonds is 5. The van der Waals surface area contributed by atoms with Crippen molar-refractivity contribution < 1.29 is 4.39 Å². The van der Waals surface area contributed by atoms with Crippen LogP contribution in [0.25, 0.3) is 16.9 Å². The number of imidazole rings is 2. The Bertz CT molecular complexity index is 1320. The van der Waals surface area contributed by atoms with Crippen LogP contribution in [0.15, 0.2) is 40.1 Å². The Morgan fingerprint density at radius 3 is 2.45 bits per heavy atom. The topological polar surface area (TPSA) is 69.5 Å². The zero-order valence-electron chi connectivity index (χ0n) is 16.9. The maximum Gasteiger partial charge on any atom is 0.332 e. The minimum absolute atomic E-state index is 0.0648. The summed E-state index contributed by atoms with van der Waals surface area (Å²) in [6.45, 7) is 3.57. The molecule has 0 aliphatic heterocycles. The molecule has 4 aromatic rings. The molecule has 0 spiro atoms. The number of fused-ring (bicyclic) bond motifs is 3. The van der Waals surface area contributed by atoms with Crippen molar-refractivity contribution in [1.82, 2.24) is 28.0 Å². The molecule has 0 saturated carbocycles. The van der Waals surface area contributed by atoms with Gasteiger partial charge < -0.3 is 9.47 Å². The van der Waals surface area contributed by atoms with E-state index in [9.17, 15) is 14.0 Å². The number of hydrogen-bond acceptors (Lipinski definition) is 4. The van der Waals surface area contributed by atoms with Crippen LogP contribution in [-0.4, -0.2) is 48.6 Å². The van der Waals surface area contributed by atoms with Crippen molar-refractivity contribution in [3.63, 3.8) is 0 Å². The van der Waals surface area contributed by atoms with E-state index in [1.807, 2.05) is 31.8 Å². The summed E-state index contributed by atoms with van der Waals surface area (Å²) in [6, 6.07) is 5.77. The molecule has 1 aromatic carbocycles. The van der Waals surface area contributed by atoms with E-state index in [1.54, 1.807) is 23.6 Å². The molecular formula is C20H23FN6O2. The number of aromatic nitrogens is 5. The normalized spacial score (nSPS) is 11.9. The van der Waals surface area contributed by atoms with Crippen molar-refractivity contribution in [2.45, 2.75) is 20.0 Å². The molecular weight excluding hydrogens is 375 g/mol. The molecule has 0 aliphatic rings. The minimum atomic E-state index is -0.454. The lowest BCUT2D eigenvalue weighted by molar-refractivity contribution is 0.384. The number of hydrogen-bond donors (Lipinski definition) is 0. The van der Waals surface area contributed by atoms with Gasteiger partial charge in [-0.15, -0.1) is 0 Å². The fraction of sp³-hybridized carbons (Fsp3) is 0.350. The summed E-state index contributed by atoms with van der Waals surface area (Å²) in [4.78, 5) is 32.7. The summed E-state index contributed by atoms with van der Waals surface area (Å²) >= 11 is 0. The molecule has 8 nitrogen and oxygen atoms in total. The van der Waals surface area contributed by atoms with Gasteiger partial charge in [-0.1, -0.05) is 12.1 Å². The van der Waals surface area contributed by atoms with Gasteiger partial charge in [-0.2, -0.15) is 4.98 Å². The van der Waals surface area contributed by atoms with Crippen LogP contribution in [-0.2, 0) is 20.1 Å². The highest BCUT2D eigenvalue weighted by atomic mass is 19.1. The van der Waals surface area contributed by atoms with E-state index in [2.05, 4.69) is 9.88 Å². The Balaban J connectivity index is 1.92. The molecule has 9 heteroatoms. The highest BCUT2D eigenvalue weighted by Crippen LogP contribution is 2.16. The molecule has 0 unspecified atom stereocenters. The molecule has 3 aromatic heterocycles. The monoisotopic (exact) mass is 398 g/mol. The molecule has 0 radical (unpaired) electrons. The average Bonchev–Trinajstić information content (AvgIpc) is 3.18. The third-order valence-corrected chi connectivity index (χ3v) is 5.17. The number of nitrogens with zero attached hydrogens (tertiary/aromatic N) is 6. The lowest BCUT2D eigenvalue weighted by Gasteiger charge is -2.11. The van der Waals surface area contributed by atoms with Gasteiger partial charge in [0.15, 0.2) is 11.2 Å². The molecule has 0 bridgehead atoms. The molecule has 0 saturated heterocycles. The Morgan fingerprint density at radius 2 is 1.79 bits per heavy atom. The van der Waals surface area contributed by atoms with Crippen LogP contribution in [0.1, 0.15) is 11.3 Å². The lowest BCUT2D eigenvalue weighted by atomic mass is 10.2. The van der Waals surface area contributed by atoms with Gasteiger partial charge in [0.2, 0.25) is 5.78 Å². The van der Waals surface area contributed by atoms with Crippen LogP contribution in [0.5, 0.6) is 0 Å². The van der Waals surface area contributed by atoms with Gasteiger partial charge in [-0.05, 0) is 38.7 Å². The fourth-order valence-corrected chi connectivity index (χ4v) is 3.54. The van der Waals surface area contributed by atoms with Crippen LogP contribution in [0.4, 0.5) is 4.39 Å². The zero-order chi connectivity index (χ0) is 20.9. The predicted octanol–water partition coefficient (Wildman–Crippen LogP) is 1.21. The summed E-state index contributed by atoms with van der Waals surface area (Å²) < 4.78 is 19.5. The maximum atomic E-state index is 13.2. The van der Waals surface area contributed by atoms with Gasteiger partial charge in [0.25, 0.3) is 5.56 Å². The van der Waals surface area contributed by atoms with Crippen molar-refractivity contribution in [1.29, 1.82) is 0 Å². The maximum absolute atomic E-state index is 13.2. The predicted molar refractivity (Wildman–Crippen MR) is 109 cm³/mol. The van der Waals surface area contributed by atoms with Crippen molar-refractivity contribution in [2.75, 3.05) is 20.6 Å². The zero-order valence-corrected chi connectivity index (χ0v) is 16.9. The van der Waals surface area contributed by atoms with E-state index < -0.39 is 11.2 Å². The standard InChI is InChI=1S/C20H23FN6O2/c1-13-11-26-16-17(22-19(26)25(13)10-9-23(2)3)24(4)20(29)27(18(16)28)12-14-5-7-15(21)8-6-14/h5-8,11H,9-10,12H2,1-4H3. The largest absolute Gasteiger partial charge is 0.332 e. The molecule has 0 aliphatic carbocycles. The van der Waals surface area contributed by atoms with Gasteiger partial charge in [0.05, 0.1) is 6.54 Å². The first kappa shape index (κ1) is 19.1. The van der Waals surface area contributed by atoms with E-state index >= 15 is 0 Å². The molecule has 0 fully saturated rings. The van der Waals surface area contributed by atoms with Gasteiger partial charge >= 0.3 is 5.69 Å². The third-order valence-electron chi connectivity index (χ3n) is 5.17. The number of benzene rings is 1. The summed E-state index contributed by atoms with van der Waals surface area (Å²) in [5.74, 6) is 0.266. The van der Waals surface area contributed by atoms with E-state index in [-0.39, 0.29) is 12.4 Å². The molecule has 4 rings (SSSR count).